The van der Waals surface area contributed by atoms with Crippen LogP contribution in [0.15, 0.2) is 59.6 Å². The van der Waals surface area contributed by atoms with Crippen LogP contribution in [0.1, 0.15) is 35.4 Å². The van der Waals surface area contributed by atoms with E-state index in [0.717, 1.165) is 49.3 Å². The Balaban J connectivity index is 1.28. The first-order valence-corrected chi connectivity index (χ1v) is 12.0. The highest BCUT2D eigenvalue weighted by molar-refractivity contribution is 7.89. The highest BCUT2D eigenvalue weighted by Crippen LogP contribution is 2.27. The van der Waals surface area contributed by atoms with Crippen molar-refractivity contribution in [1.82, 2.24) is 13.9 Å². The number of aryl methyl sites for hydroxylation is 1. The fourth-order valence-corrected chi connectivity index (χ4v) is 5.79. The molecule has 0 spiro atoms. The number of hydrogen-bond donors (Lipinski definition) is 1. The second-order valence-corrected chi connectivity index (χ2v) is 9.92. The summed E-state index contributed by atoms with van der Waals surface area (Å²) in [5.74, 6) is 0.852. The SMILES string of the molecule is O=C(Nc1ccc(-c2cnc3n2CCC3)cc1)c1ccc(S(=O)(=O)N2CCCC2)cc1. The molecule has 5 rings (SSSR count). The van der Waals surface area contributed by atoms with E-state index < -0.39 is 10.0 Å². The number of benzene rings is 2. The lowest BCUT2D eigenvalue weighted by atomic mass is 10.1. The summed E-state index contributed by atoms with van der Waals surface area (Å²) in [6.45, 7) is 2.11. The second-order valence-electron chi connectivity index (χ2n) is 7.98. The van der Waals surface area contributed by atoms with Gasteiger partial charge in [-0.25, -0.2) is 13.4 Å². The highest BCUT2D eigenvalue weighted by Gasteiger charge is 2.27. The van der Waals surface area contributed by atoms with Crippen molar-refractivity contribution in [1.29, 1.82) is 0 Å². The summed E-state index contributed by atoms with van der Waals surface area (Å²) in [5, 5.41) is 2.88. The molecule has 31 heavy (non-hydrogen) atoms. The molecular weight excluding hydrogens is 412 g/mol. The number of carbonyl (C=O) groups excluding carboxylic acids is 1. The fourth-order valence-electron chi connectivity index (χ4n) is 4.27. The quantitative estimate of drug-likeness (QED) is 0.663. The van der Waals surface area contributed by atoms with Crippen molar-refractivity contribution >= 4 is 21.6 Å². The van der Waals surface area contributed by atoms with Crippen molar-refractivity contribution < 1.29 is 13.2 Å². The molecule has 0 atom stereocenters. The van der Waals surface area contributed by atoms with Gasteiger partial charge in [-0.15, -0.1) is 0 Å². The lowest BCUT2D eigenvalue weighted by Crippen LogP contribution is -2.27. The number of anilines is 1. The normalized spacial score (nSPS) is 16.4. The number of nitrogens with one attached hydrogen (secondary N) is 1. The Kier molecular flexibility index (Phi) is 5.11. The van der Waals surface area contributed by atoms with Gasteiger partial charge < -0.3 is 9.88 Å². The molecule has 2 aliphatic rings. The van der Waals surface area contributed by atoms with Crippen LogP contribution in [0.3, 0.4) is 0 Å². The number of fused-ring (bicyclic) bond motifs is 1. The van der Waals surface area contributed by atoms with Crippen LogP contribution in [0.5, 0.6) is 0 Å². The minimum atomic E-state index is -3.48. The van der Waals surface area contributed by atoms with Gasteiger partial charge in [0.1, 0.15) is 5.82 Å². The monoisotopic (exact) mass is 436 g/mol. The molecule has 0 aliphatic carbocycles. The van der Waals surface area contributed by atoms with Gasteiger partial charge in [-0.3, -0.25) is 4.79 Å². The third-order valence-electron chi connectivity index (χ3n) is 5.98. The number of nitrogens with zero attached hydrogens (tertiary/aromatic N) is 3. The van der Waals surface area contributed by atoms with Crippen LogP contribution in [-0.4, -0.2) is 41.3 Å². The summed E-state index contributed by atoms with van der Waals surface area (Å²) in [6.07, 6.45) is 5.83. The molecular formula is C23H24N4O3S. The van der Waals surface area contributed by atoms with Crippen molar-refractivity contribution in [2.24, 2.45) is 0 Å². The average Bonchev–Trinajstić information content (AvgIpc) is 3.53. The Hall–Kier alpha value is -2.97. The first-order chi connectivity index (χ1) is 15.0. The third kappa shape index (κ3) is 3.77. The lowest BCUT2D eigenvalue weighted by molar-refractivity contribution is 0.102. The number of aromatic nitrogens is 2. The first-order valence-electron chi connectivity index (χ1n) is 10.6. The Morgan fingerprint density at radius 2 is 1.61 bits per heavy atom. The van der Waals surface area contributed by atoms with Gasteiger partial charge in [0.05, 0.1) is 16.8 Å². The molecule has 0 radical (unpaired) electrons. The maximum Gasteiger partial charge on any atom is 0.255 e. The molecule has 3 heterocycles. The number of imidazole rings is 1. The van der Waals surface area contributed by atoms with E-state index in [1.807, 2.05) is 30.5 Å². The Morgan fingerprint density at radius 1 is 0.903 bits per heavy atom. The highest BCUT2D eigenvalue weighted by atomic mass is 32.2. The number of sulfonamides is 1. The van der Waals surface area contributed by atoms with Gasteiger partial charge in [-0.1, -0.05) is 12.1 Å². The number of rotatable bonds is 5. The molecule has 1 saturated heterocycles. The van der Waals surface area contributed by atoms with Crippen LogP contribution < -0.4 is 5.32 Å². The Morgan fingerprint density at radius 3 is 2.32 bits per heavy atom. The fraction of sp³-hybridized carbons (Fsp3) is 0.304. The van der Waals surface area contributed by atoms with Gasteiger partial charge >= 0.3 is 0 Å². The number of carbonyl (C=O) groups is 1. The van der Waals surface area contributed by atoms with Gasteiger partial charge in [0.25, 0.3) is 5.91 Å². The largest absolute Gasteiger partial charge is 0.328 e. The van der Waals surface area contributed by atoms with Gasteiger partial charge in [0.15, 0.2) is 0 Å². The molecule has 0 saturated carbocycles. The Bertz CT molecular complexity index is 1210. The molecule has 1 fully saturated rings. The maximum atomic E-state index is 12.6. The first kappa shape index (κ1) is 20.0. The van der Waals surface area contributed by atoms with E-state index >= 15 is 0 Å². The maximum absolute atomic E-state index is 12.6. The van der Waals surface area contributed by atoms with Gasteiger partial charge in [-0.05, 0) is 61.2 Å². The molecule has 2 aromatic carbocycles. The summed E-state index contributed by atoms with van der Waals surface area (Å²) in [7, 11) is -3.48. The van der Waals surface area contributed by atoms with Gasteiger partial charge in [-0.2, -0.15) is 4.31 Å². The molecule has 1 aromatic heterocycles. The molecule has 1 amide bonds. The van der Waals surface area contributed by atoms with Crippen molar-refractivity contribution in [3.63, 3.8) is 0 Å². The van der Waals surface area contributed by atoms with E-state index in [-0.39, 0.29) is 10.8 Å². The summed E-state index contributed by atoms with van der Waals surface area (Å²) in [5.41, 5.74) is 3.26. The van der Waals surface area contributed by atoms with E-state index in [1.54, 1.807) is 12.1 Å². The van der Waals surface area contributed by atoms with Crippen molar-refractivity contribution in [2.45, 2.75) is 37.1 Å². The predicted octanol–water partition coefficient (Wildman–Crippen LogP) is 3.53. The zero-order valence-electron chi connectivity index (χ0n) is 17.1. The second kappa shape index (κ2) is 7.94. The van der Waals surface area contributed by atoms with Gasteiger partial charge in [0.2, 0.25) is 10.0 Å². The smallest absolute Gasteiger partial charge is 0.255 e. The molecule has 0 bridgehead atoms. The van der Waals surface area contributed by atoms with Crippen LogP contribution in [0.25, 0.3) is 11.3 Å². The Labute approximate surface area is 181 Å². The molecule has 1 N–H and O–H groups in total. The predicted molar refractivity (Wildman–Crippen MR) is 118 cm³/mol. The summed E-state index contributed by atoms with van der Waals surface area (Å²) in [4.78, 5) is 17.3. The van der Waals surface area contributed by atoms with Crippen LogP contribution in [0, 0.1) is 0 Å². The van der Waals surface area contributed by atoms with E-state index in [4.69, 9.17) is 0 Å². The summed E-state index contributed by atoms with van der Waals surface area (Å²) >= 11 is 0. The van der Waals surface area contributed by atoms with E-state index in [0.29, 0.717) is 24.3 Å². The van der Waals surface area contributed by atoms with Crippen molar-refractivity contribution in [3.05, 3.63) is 66.1 Å². The van der Waals surface area contributed by atoms with E-state index in [9.17, 15) is 13.2 Å². The summed E-state index contributed by atoms with van der Waals surface area (Å²) < 4.78 is 29.0. The standard InChI is InChI=1S/C23H24N4O3S/c28-23(18-7-11-20(12-8-18)31(29,30)26-13-1-2-14-26)25-19-9-5-17(6-10-19)21-16-24-22-4-3-15-27(21)22/h5-12,16H,1-4,13-15H2,(H,25,28). The zero-order chi connectivity index (χ0) is 21.4. The molecule has 3 aromatic rings. The number of amides is 1. The molecule has 7 nitrogen and oxygen atoms in total. The third-order valence-corrected chi connectivity index (χ3v) is 7.89. The van der Waals surface area contributed by atoms with E-state index in [1.165, 1.54) is 16.4 Å². The van der Waals surface area contributed by atoms with Crippen LogP contribution in [0.4, 0.5) is 5.69 Å². The van der Waals surface area contributed by atoms with Crippen LogP contribution in [0.2, 0.25) is 0 Å². The average molecular weight is 437 g/mol. The minimum absolute atomic E-state index is 0.226. The molecule has 160 valence electrons. The number of hydrogen-bond acceptors (Lipinski definition) is 4. The summed E-state index contributed by atoms with van der Waals surface area (Å²) in [6, 6.07) is 13.8. The molecule has 2 aliphatic heterocycles. The molecule has 8 heteroatoms. The van der Waals surface area contributed by atoms with Gasteiger partial charge in [0, 0.05) is 37.3 Å². The minimum Gasteiger partial charge on any atom is -0.328 e. The van der Waals surface area contributed by atoms with Crippen molar-refractivity contribution in [3.8, 4) is 11.3 Å². The van der Waals surface area contributed by atoms with Crippen LogP contribution >= 0.6 is 0 Å². The zero-order valence-corrected chi connectivity index (χ0v) is 17.9. The van der Waals surface area contributed by atoms with Crippen LogP contribution in [-0.2, 0) is 23.0 Å². The topological polar surface area (TPSA) is 84.3 Å². The van der Waals surface area contributed by atoms with Crippen molar-refractivity contribution in [2.75, 3.05) is 18.4 Å². The molecule has 0 unspecified atom stereocenters. The van der Waals surface area contributed by atoms with E-state index in [2.05, 4.69) is 14.9 Å². The lowest BCUT2D eigenvalue weighted by Gasteiger charge is -2.15.